The zero-order valence-corrected chi connectivity index (χ0v) is 28.0. The number of carbonyl (C=O) groups excluding carboxylic acids is 2. The molecule has 9 heteroatoms. The molecule has 0 saturated heterocycles. The van der Waals surface area contributed by atoms with Crippen molar-refractivity contribution in [3.63, 3.8) is 0 Å². The summed E-state index contributed by atoms with van der Waals surface area (Å²) < 4.78 is 34.9. The smallest absolute Gasteiger partial charge is 0.264 e. The van der Waals surface area contributed by atoms with Gasteiger partial charge < -0.3 is 15.0 Å². The van der Waals surface area contributed by atoms with Crippen molar-refractivity contribution in [3.05, 3.63) is 89.5 Å². The van der Waals surface area contributed by atoms with E-state index in [1.165, 1.54) is 4.90 Å². The normalized spacial score (nSPS) is 14.5. The molecule has 1 saturated carbocycles. The molecular weight excluding hydrogens is 586 g/mol. The fraction of sp³-hybridized carbons (Fsp3) is 0.444. The SMILES string of the molecule is CCC(C(=O)NC1CCCCC1)N(Cc1cccc(OC)c1)C(=O)CN(c1ccc(C(C)C)cc1)S(=O)(=O)c1ccc(C)cc1. The average molecular weight is 634 g/mol. The van der Waals surface area contributed by atoms with Gasteiger partial charge in [-0.25, -0.2) is 8.42 Å². The highest BCUT2D eigenvalue weighted by Crippen LogP contribution is 2.27. The van der Waals surface area contributed by atoms with Crippen LogP contribution < -0.4 is 14.4 Å². The molecule has 8 nitrogen and oxygen atoms in total. The Morgan fingerprint density at radius 1 is 0.956 bits per heavy atom. The average Bonchev–Trinajstić information content (AvgIpc) is 3.04. The Morgan fingerprint density at radius 2 is 1.62 bits per heavy atom. The first-order valence-corrected chi connectivity index (χ1v) is 17.4. The van der Waals surface area contributed by atoms with Gasteiger partial charge in [0.25, 0.3) is 10.0 Å². The molecule has 0 aliphatic heterocycles. The fourth-order valence-electron chi connectivity index (χ4n) is 5.82. The van der Waals surface area contributed by atoms with Crippen LogP contribution in [0.3, 0.4) is 0 Å². The Balaban J connectivity index is 1.72. The Morgan fingerprint density at radius 3 is 2.22 bits per heavy atom. The van der Waals surface area contributed by atoms with Gasteiger partial charge in [-0.2, -0.15) is 0 Å². The topological polar surface area (TPSA) is 96.0 Å². The van der Waals surface area contributed by atoms with Crippen LogP contribution in [-0.4, -0.2) is 50.9 Å². The van der Waals surface area contributed by atoms with Crippen LogP contribution in [0.4, 0.5) is 5.69 Å². The molecule has 1 N–H and O–H groups in total. The number of ether oxygens (including phenoxy) is 1. The Bertz CT molecular complexity index is 1530. The van der Waals surface area contributed by atoms with Crippen LogP contribution in [-0.2, 0) is 26.2 Å². The molecule has 3 aromatic carbocycles. The quantitative estimate of drug-likeness (QED) is 0.230. The number of hydrogen-bond acceptors (Lipinski definition) is 5. The van der Waals surface area contributed by atoms with E-state index in [2.05, 4.69) is 19.2 Å². The molecule has 1 fully saturated rings. The van der Waals surface area contributed by atoms with Crippen LogP contribution in [0.25, 0.3) is 0 Å². The number of nitrogens with one attached hydrogen (secondary N) is 1. The van der Waals surface area contributed by atoms with Crippen molar-refractivity contribution in [1.29, 1.82) is 0 Å². The van der Waals surface area contributed by atoms with Gasteiger partial charge in [0, 0.05) is 12.6 Å². The summed E-state index contributed by atoms with van der Waals surface area (Å²) in [6.45, 7) is 7.56. The van der Waals surface area contributed by atoms with Gasteiger partial charge in [0.15, 0.2) is 0 Å². The van der Waals surface area contributed by atoms with Gasteiger partial charge in [0.1, 0.15) is 18.3 Å². The molecule has 1 unspecified atom stereocenters. The standard InChI is InChI=1S/C36H47N3O5S/c1-6-34(36(41)37-30-12-8-7-9-13-30)38(24-28-11-10-14-32(23-28)44-5)35(40)25-39(31-19-17-29(18-20-31)26(2)3)45(42,43)33-21-15-27(4)16-22-33/h10-11,14-23,26,30,34H,6-9,12-13,24-25H2,1-5H3,(H,37,41). The largest absolute Gasteiger partial charge is 0.497 e. The molecule has 0 spiro atoms. The van der Waals surface area contributed by atoms with Crippen molar-refractivity contribution in [2.24, 2.45) is 0 Å². The van der Waals surface area contributed by atoms with Crippen molar-refractivity contribution >= 4 is 27.5 Å². The van der Waals surface area contributed by atoms with Crippen molar-refractivity contribution in [2.45, 2.75) is 95.7 Å². The molecule has 3 aromatic rings. The summed E-state index contributed by atoms with van der Waals surface area (Å²) in [5.74, 6) is 0.213. The number of anilines is 1. The minimum atomic E-state index is -4.13. The Kier molecular flexibility index (Phi) is 11.7. The maximum Gasteiger partial charge on any atom is 0.264 e. The maximum atomic E-state index is 14.4. The molecule has 0 aromatic heterocycles. The number of benzene rings is 3. The van der Waals surface area contributed by atoms with Gasteiger partial charge in [-0.15, -0.1) is 0 Å². The van der Waals surface area contributed by atoms with E-state index in [1.807, 2.05) is 50.2 Å². The van der Waals surface area contributed by atoms with Crippen molar-refractivity contribution in [3.8, 4) is 5.75 Å². The number of sulfonamides is 1. The molecule has 0 bridgehead atoms. The van der Waals surface area contributed by atoms with E-state index >= 15 is 0 Å². The number of nitrogens with zero attached hydrogens (tertiary/aromatic N) is 2. The first kappa shape index (κ1) is 34.0. The summed E-state index contributed by atoms with van der Waals surface area (Å²) in [5, 5.41) is 3.19. The lowest BCUT2D eigenvalue weighted by Crippen LogP contribution is -2.54. The van der Waals surface area contributed by atoms with Crippen molar-refractivity contribution in [1.82, 2.24) is 10.2 Å². The zero-order chi connectivity index (χ0) is 32.6. The minimum Gasteiger partial charge on any atom is -0.497 e. The summed E-state index contributed by atoms with van der Waals surface area (Å²) in [5.41, 5.74) is 3.15. The van der Waals surface area contributed by atoms with Crippen molar-refractivity contribution < 1.29 is 22.7 Å². The summed E-state index contributed by atoms with van der Waals surface area (Å²) >= 11 is 0. The number of amides is 2. The number of methoxy groups -OCH3 is 1. The van der Waals surface area contributed by atoms with E-state index in [0.29, 0.717) is 17.9 Å². The minimum absolute atomic E-state index is 0.0759. The van der Waals surface area contributed by atoms with E-state index in [0.717, 1.165) is 53.1 Å². The van der Waals surface area contributed by atoms with Gasteiger partial charge in [0.2, 0.25) is 11.8 Å². The van der Waals surface area contributed by atoms with E-state index in [-0.39, 0.29) is 29.3 Å². The molecule has 2 amide bonds. The van der Waals surface area contributed by atoms with E-state index in [1.54, 1.807) is 43.5 Å². The summed E-state index contributed by atoms with van der Waals surface area (Å²) in [4.78, 5) is 29.8. The number of carbonyl (C=O) groups is 2. The summed E-state index contributed by atoms with van der Waals surface area (Å²) in [7, 11) is -2.55. The molecule has 45 heavy (non-hydrogen) atoms. The summed E-state index contributed by atoms with van der Waals surface area (Å²) in [6, 6.07) is 20.5. The molecule has 242 valence electrons. The van der Waals surface area contributed by atoms with Gasteiger partial charge >= 0.3 is 0 Å². The second kappa shape index (κ2) is 15.4. The van der Waals surface area contributed by atoms with Gasteiger partial charge in [-0.1, -0.05) is 82.0 Å². The third-order valence-corrected chi connectivity index (χ3v) is 10.3. The highest BCUT2D eigenvalue weighted by Gasteiger charge is 2.34. The third-order valence-electron chi connectivity index (χ3n) is 8.56. The number of rotatable bonds is 13. The Hall–Kier alpha value is -3.85. The first-order chi connectivity index (χ1) is 21.5. The molecule has 1 aliphatic carbocycles. The van der Waals surface area contributed by atoms with Crippen LogP contribution in [0, 0.1) is 6.92 Å². The van der Waals surface area contributed by atoms with Crippen LogP contribution >= 0.6 is 0 Å². The number of aryl methyl sites for hydroxylation is 1. The lowest BCUT2D eigenvalue weighted by molar-refractivity contribution is -0.140. The number of hydrogen-bond donors (Lipinski definition) is 1. The lowest BCUT2D eigenvalue weighted by atomic mass is 9.95. The predicted octanol–water partition coefficient (Wildman–Crippen LogP) is 6.58. The molecule has 1 atom stereocenters. The van der Waals surface area contributed by atoms with Crippen LogP contribution in [0.1, 0.15) is 81.9 Å². The zero-order valence-electron chi connectivity index (χ0n) is 27.2. The van der Waals surface area contributed by atoms with Gasteiger partial charge in [-0.05, 0) is 79.6 Å². The van der Waals surface area contributed by atoms with E-state index < -0.39 is 28.5 Å². The second-order valence-electron chi connectivity index (χ2n) is 12.2. The molecular formula is C36H47N3O5S. The maximum absolute atomic E-state index is 14.4. The van der Waals surface area contributed by atoms with Gasteiger partial charge in [0.05, 0.1) is 17.7 Å². The van der Waals surface area contributed by atoms with E-state index in [4.69, 9.17) is 4.74 Å². The van der Waals surface area contributed by atoms with Crippen molar-refractivity contribution in [2.75, 3.05) is 18.0 Å². The monoisotopic (exact) mass is 633 g/mol. The van der Waals surface area contributed by atoms with Crippen LogP contribution in [0.2, 0.25) is 0 Å². The lowest BCUT2D eigenvalue weighted by Gasteiger charge is -2.34. The van der Waals surface area contributed by atoms with Gasteiger partial charge in [-0.3, -0.25) is 13.9 Å². The highest BCUT2D eigenvalue weighted by atomic mass is 32.2. The third kappa shape index (κ3) is 8.66. The highest BCUT2D eigenvalue weighted by molar-refractivity contribution is 7.92. The fourth-order valence-corrected chi connectivity index (χ4v) is 7.24. The molecule has 0 radical (unpaired) electrons. The molecule has 1 aliphatic rings. The summed E-state index contributed by atoms with van der Waals surface area (Å²) in [6.07, 6.45) is 5.50. The molecule has 0 heterocycles. The van der Waals surface area contributed by atoms with Crippen LogP contribution in [0.15, 0.2) is 77.7 Å². The first-order valence-electron chi connectivity index (χ1n) is 16.0. The predicted molar refractivity (Wildman–Crippen MR) is 179 cm³/mol. The Labute approximate surface area is 268 Å². The molecule has 4 rings (SSSR count). The van der Waals surface area contributed by atoms with Crippen LogP contribution in [0.5, 0.6) is 5.75 Å². The second-order valence-corrected chi connectivity index (χ2v) is 14.1. The van der Waals surface area contributed by atoms with E-state index in [9.17, 15) is 18.0 Å².